The molecule has 2 atom stereocenters. The van der Waals surface area contributed by atoms with Crippen LogP contribution >= 0.6 is 0 Å². The smallest absolute Gasteiger partial charge is 0.105 e. The summed E-state index contributed by atoms with van der Waals surface area (Å²) < 4.78 is 0. The summed E-state index contributed by atoms with van der Waals surface area (Å²) in [6.45, 7) is 0.635. The minimum atomic E-state index is -0.943. The highest BCUT2D eigenvalue weighted by molar-refractivity contribution is 5.34. The second kappa shape index (κ2) is 6.23. The number of hydrogen-bond acceptors (Lipinski definition) is 4. The van der Waals surface area contributed by atoms with Gasteiger partial charge in [0.2, 0.25) is 0 Å². The van der Waals surface area contributed by atoms with Crippen LogP contribution in [0.15, 0.2) is 24.3 Å². The summed E-state index contributed by atoms with van der Waals surface area (Å²) in [7, 11) is 1.79. The van der Waals surface area contributed by atoms with Crippen LogP contribution in [0, 0.1) is 11.3 Å². The molecule has 0 spiro atoms. The Morgan fingerprint density at radius 2 is 2.19 bits per heavy atom. The first kappa shape index (κ1) is 12.7. The number of nitriles is 1. The van der Waals surface area contributed by atoms with E-state index in [0.29, 0.717) is 24.1 Å². The molecule has 0 saturated carbocycles. The molecule has 4 nitrogen and oxygen atoms in total. The van der Waals surface area contributed by atoms with Gasteiger partial charge in [-0.25, -0.2) is 0 Å². The van der Waals surface area contributed by atoms with Crippen molar-refractivity contribution in [3.05, 3.63) is 35.4 Å². The monoisotopic (exact) mass is 220 g/mol. The Hall–Kier alpha value is -1.41. The molecule has 0 fully saturated rings. The lowest BCUT2D eigenvalue weighted by atomic mass is 10.0. The fourth-order valence-electron chi connectivity index (χ4n) is 1.46. The lowest BCUT2D eigenvalue weighted by Crippen LogP contribution is -2.23. The van der Waals surface area contributed by atoms with E-state index >= 15 is 0 Å². The van der Waals surface area contributed by atoms with Crippen LogP contribution in [-0.2, 0) is 0 Å². The maximum atomic E-state index is 9.85. The van der Waals surface area contributed by atoms with Crippen LogP contribution in [-0.4, -0.2) is 29.9 Å². The van der Waals surface area contributed by atoms with Gasteiger partial charge in [-0.05, 0) is 37.7 Å². The molecule has 0 aromatic heterocycles. The van der Waals surface area contributed by atoms with Gasteiger partial charge in [0, 0.05) is 0 Å². The number of nitrogens with one attached hydrogen (secondary N) is 1. The molecule has 2 unspecified atom stereocenters. The molecule has 1 aromatic carbocycles. The molecule has 4 heteroatoms. The number of aliphatic hydroxyl groups is 2. The lowest BCUT2D eigenvalue weighted by Gasteiger charge is -2.18. The summed E-state index contributed by atoms with van der Waals surface area (Å²) in [5, 5.41) is 31.2. The zero-order valence-electron chi connectivity index (χ0n) is 9.22. The molecule has 86 valence electrons. The SMILES string of the molecule is CNCCC(O)C(O)c1cccc(C#N)c1. The van der Waals surface area contributed by atoms with Gasteiger partial charge < -0.3 is 15.5 Å². The van der Waals surface area contributed by atoms with Crippen molar-refractivity contribution in [1.82, 2.24) is 5.32 Å². The Morgan fingerprint density at radius 3 is 2.81 bits per heavy atom. The van der Waals surface area contributed by atoms with Crippen LogP contribution in [0.1, 0.15) is 23.7 Å². The van der Waals surface area contributed by atoms with E-state index in [9.17, 15) is 10.2 Å². The molecule has 0 heterocycles. The van der Waals surface area contributed by atoms with Crippen molar-refractivity contribution in [2.75, 3.05) is 13.6 Å². The summed E-state index contributed by atoms with van der Waals surface area (Å²) in [5.74, 6) is 0. The average Bonchev–Trinajstić information content (AvgIpc) is 2.35. The van der Waals surface area contributed by atoms with E-state index in [-0.39, 0.29) is 0 Å². The van der Waals surface area contributed by atoms with Gasteiger partial charge in [0.1, 0.15) is 6.10 Å². The Labute approximate surface area is 95.2 Å². The third-order valence-electron chi connectivity index (χ3n) is 2.41. The first-order valence-electron chi connectivity index (χ1n) is 5.20. The summed E-state index contributed by atoms with van der Waals surface area (Å²) in [5.41, 5.74) is 1.06. The van der Waals surface area contributed by atoms with Crippen LogP contribution in [0.2, 0.25) is 0 Å². The van der Waals surface area contributed by atoms with Crippen molar-refractivity contribution in [2.45, 2.75) is 18.6 Å². The van der Waals surface area contributed by atoms with Gasteiger partial charge in [0.25, 0.3) is 0 Å². The number of benzene rings is 1. The zero-order chi connectivity index (χ0) is 12.0. The number of hydrogen-bond donors (Lipinski definition) is 3. The largest absolute Gasteiger partial charge is 0.390 e. The van der Waals surface area contributed by atoms with Gasteiger partial charge in [-0.2, -0.15) is 5.26 Å². The van der Waals surface area contributed by atoms with Crippen molar-refractivity contribution < 1.29 is 10.2 Å². The van der Waals surface area contributed by atoms with E-state index in [4.69, 9.17) is 5.26 Å². The zero-order valence-corrected chi connectivity index (χ0v) is 9.22. The van der Waals surface area contributed by atoms with Gasteiger partial charge in [-0.3, -0.25) is 0 Å². The highest BCUT2D eigenvalue weighted by atomic mass is 16.3. The molecule has 1 rings (SSSR count). The number of rotatable bonds is 5. The maximum absolute atomic E-state index is 9.85. The van der Waals surface area contributed by atoms with Crippen molar-refractivity contribution in [3.63, 3.8) is 0 Å². The van der Waals surface area contributed by atoms with E-state index < -0.39 is 12.2 Å². The average molecular weight is 220 g/mol. The van der Waals surface area contributed by atoms with Gasteiger partial charge in [0.15, 0.2) is 0 Å². The first-order chi connectivity index (χ1) is 7.69. The van der Waals surface area contributed by atoms with Gasteiger partial charge >= 0.3 is 0 Å². The van der Waals surface area contributed by atoms with E-state index in [1.165, 1.54) is 0 Å². The molecular formula is C12H16N2O2. The van der Waals surface area contributed by atoms with E-state index in [0.717, 1.165) is 0 Å². The van der Waals surface area contributed by atoms with Crippen LogP contribution in [0.5, 0.6) is 0 Å². The third kappa shape index (κ3) is 3.31. The normalized spacial score (nSPS) is 14.1. The van der Waals surface area contributed by atoms with Gasteiger partial charge in [0.05, 0.1) is 17.7 Å². The van der Waals surface area contributed by atoms with Crippen LogP contribution in [0.3, 0.4) is 0 Å². The number of nitrogens with zero attached hydrogens (tertiary/aromatic N) is 1. The second-order valence-corrected chi connectivity index (χ2v) is 3.64. The third-order valence-corrected chi connectivity index (χ3v) is 2.41. The summed E-state index contributed by atoms with van der Waals surface area (Å²) in [4.78, 5) is 0. The Balaban J connectivity index is 2.71. The highest BCUT2D eigenvalue weighted by Crippen LogP contribution is 2.19. The predicted molar refractivity (Wildman–Crippen MR) is 60.7 cm³/mol. The molecule has 3 N–H and O–H groups in total. The molecule has 0 saturated heterocycles. The first-order valence-corrected chi connectivity index (χ1v) is 5.20. The van der Waals surface area contributed by atoms with Crippen LogP contribution in [0.25, 0.3) is 0 Å². The summed E-state index contributed by atoms with van der Waals surface area (Å²) in [6, 6.07) is 8.65. The minimum Gasteiger partial charge on any atom is -0.390 e. The van der Waals surface area contributed by atoms with Crippen LogP contribution < -0.4 is 5.32 Å². The molecular weight excluding hydrogens is 204 g/mol. The molecule has 0 bridgehead atoms. The molecule has 1 aromatic rings. The van der Waals surface area contributed by atoms with Crippen molar-refractivity contribution in [3.8, 4) is 6.07 Å². The van der Waals surface area contributed by atoms with Crippen LogP contribution in [0.4, 0.5) is 0 Å². The summed E-state index contributed by atoms with van der Waals surface area (Å²) in [6.07, 6.45) is -1.29. The Kier molecular flexibility index (Phi) is 4.93. The standard InChI is InChI=1S/C12H16N2O2/c1-14-6-5-11(15)12(16)10-4-2-3-9(7-10)8-13/h2-4,7,11-12,14-16H,5-6H2,1H3. The van der Waals surface area contributed by atoms with Crippen molar-refractivity contribution in [1.29, 1.82) is 5.26 Å². The van der Waals surface area contributed by atoms with Gasteiger partial charge in [-0.15, -0.1) is 0 Å². The molecule has 0 aliphatic carbocycles. The summed E-state index contributed by atoms with van der Waals surface area (Å²) >= 11 is 0. The topological polar surface area (TPSA) is 76.3 Å². The van der Waals surface area contributed by atoms with E-state index in [1.807, 2.05) is 6.07 Å². The fourth-order valence-corrected chi connectivity index (χ4v) is 1.46. The lowest BCUT2D eigenvalue weighted by molar-refractivity contribution is 0.0140. The van der Waals surface area contributed by atoms with E-state index in [2.05, 4.69) is 5.32 Å². The van der Waals surface area contributed by atoms with Gasteiger partial charge in [-0.1, -0.05) is 12.1 Å². The second-order valence-electron chi connectivity index (χ2n) is 3.64. The van der Waals surface area contributed by atoms with Crippen molar-refractivity contribution >= 4 is 0 Å². The molecule has 16 heavy (non-hydrogen) atoms. The quantitative estimate of drug-likeness (QED) is 0.677. The molecule has 0 amide bonds. The Morgan fingerprint density at radius 1 is 1.44 bits per heavy atom. The highest BCUT2D eigenvalue weighted by Gasteiger charge is 2.17. The molecule has 0 aliphatic heterocycles. The molecule has 0 aliphatic rings. The predicted octanol–water partition coefficient (Wildman–Crippen LogP) is 0.562. The van der Waals surface area contributed by atoms with E-state index in [1.54, 1.807) is 31.3 Å². The van der Waals surface area contributed by atoms with Crippen molar-refractivity contribution in [2.24, 2.45) is 0 Å². The Bertz CT molecular complexity index is 374. The fraction of sp³-hybridized carbons (Fsp3) is 0.417. The molecule has 0 radical (unpaired) electrons. The minimum absolute atomic E-state index is 0.467. The number of aliphatic hydroxyl groups excluding tert-OH is 2. The maximum Gasteiger partial charge on any atom is 0.105 e.